The first kappa shape index (κ1) is 19.3. The van der Waals surface area contributed by atoms with Crippen molar-refractivity contribution in [3.8, 4) is 0 Å². The van der Waals surface area contributed by atoms with Crippen LogP contribution in [-0.4, -0.2) is 26.8 Å². The van der Waals surface area contributed by atoms with Gasteiger partial charge in [0.25, 0.3) is 0 Å². The second-order valence-corrected chi connectivity index (χ2v) is 10.4. The highest BCUT2D eigenvalue weighted by molar-refractivity contribution is 6.05. The summed E-state index contributed by atoms with van der Waals surface area (Å²) in [6.45, 7) is 7.61. The number of carbonyl (C=O) groups excluding carboxylic acids is 1. The van der Waals surface area contributed by atoms with Gasteiger partial charge in [0, 0.05) is 23.7 Å². The third kappa shape index (κ3) is 2.82. The molecule has 0 spiro atoms. The van der Waals surface area contributed by atoms with Crippen molar-refractivity contribution in [2.24, 2.45) is 28.6 Å². The molecule has 4 aliphatic carbocycles. The minimum absolute atomic E-state index is 0.161. The summed E-state index contributed by atoms with van der Waals surface area (Å²) < 4.78 is 1.92. The lowest BCUT2D eigenvalue weighted by molar-refractivity contribution is -0.130. The van der Waals surface area contributed by atoms with Crippen molar-refractivity contribution in [3.63, 3.8) is 0 Å². The normalized spacial score (nSPS) is 43.0. The molecule has 4 aliphatic rings. The van der Waals surface area contributed by atoms with Crippen molar-refractivity contribution >= 4 is 11.9 Å². The van der Waals surface area contributed by atoms with Gasteiger partial charge in [-0.25, -0.2) is 0 Å². The van der Waals surface area contributed by atoms with Gasteiger partial charge in [0.2, 0.25) is 0 Å². The maximum Gasteiger partial charge on any atom is 0.165 e. The van der Waals surface area contributed by atoms with Crippen molar-refractivity contribution < 1.29 is 9.90 Å². The molecule has 0 aromatic carbocycles. The summed E-state index contributed by atoms with van der Waals surface area (Å²) in [5, 5.41) is 14.5. The van der Waals surface area contributed by atoms with E-state index in [4.69, 9.17) is 0 Å². The molecule has 0 amide bonds. The minimum Gasteiger partial charge on any atom is -0.393 e. The number of aliphatic hydroxyl groups is 1. The maximum absolute atomic E-state index is 13.5. The van der Waals surface area contributed by atoms with E-state index < -0.39 is 0 Å². The van der Waals surface area contributed by atoms with E-state index in [1.165, 1.54) is 5.57 Å². The minimum atomic E-state index is -0.205. The summed E-state index contributed by atoms with van der Waals surface area (Å²) in [5.74, 6) is 2.07. The first-order valence-corrected chi connectivity index (χ1v) is 11.5. The van der Waals surface area contributed by atoms with Crippen LogP contribution in [0.2, 0.25) is 0 Å². The zero-order valence-electron chi connectivity index (χ0n) is 18.0. The molecule has 0 unspecified atom stereocenters. The van der Waals surface area contributed by atoms with Crippen molar-refractivity contribution in [2.45, 2.75) is 78.4 Å². The summed E-state index contributed by atoms with van der Waals surface area (Å²) in [5.41, 5.74) is 3.57. The molecular weight excluding hydrogens is 360 g/mol. The van der Waals surface area contributed by atoms with E-state index in [1.54, 1.807) is 0 Å². The predicted octanol–water partition coefficient (Wildman–Crippen LogP) is 4.79. The Morgan fingerprint density at radius 2 is 2.00 bits per heavy atom. The first-order chi connectivity index (χ1) is 13.8. The standard InChI is InChI=1S/C25H34N2O2/c1-4-27-15-16(14-26-27)11-17-12-22-20-6-5-18-13-19(28)7-9-24(18,2)21(20)8-10-25(22,3)23(17)29/h5,11,14-15,19-22,28H,4,6-10,12-13H2,1-3H3/b17-11-/t19-,20+,21-,22-,24-,25-/m0/s1. The Labute approximate surface area is 174 Å². The number of aromatic nitrogens is 2. The van der Waals surface area contributed by atoms with Gasteiger partial charge in [0.15, 0.2) is 5.78 Å². The molecule has 3 fully saturated rings. The van der Waals surface area contributed by atoms with Gasteiger partial charge in [0.05, 0.1) is 12.3 Å². The molecule has 0 radical (unpaired) electrons. The van der Waals surface area contributed by atoms with Crippen LogP contribution in [0.1, 0.15) is 71.3 Å². The summed E-state index contributed by atoms with van der Waals surface area (Å²) in [6, 6.07) is 0. The molecule has 1 aromatic heterocycles. The van der Waals surface area contributed by atoms with Crippen LogP contribution < -0.4 is 0 Å². The van der Waals surface area contributed by atoms with Crippen LogP contribution in [-0.2, 0) is 11.3 Å². The fraction of sp³-hybridized carbons (Fsp3) is 0.680. The number of hydrogen-bond acceptors (Lipinski definition) is 3. The molecule has 0 bridgehead atoms. The smallest absolute Gasteiger partial charge is 0.165 e. The van der Waals surface area contributed by atoms with Gasteiger partial charge in [-0.2, -0.15) is 5.10 Å². The van der Waals surface area contributed by atoms with E-state index in [-0.39, 0.29) is 16.9 Å². The second kappa shape index (κ2) is 6.66. The fourth-order valence-corrected chi connectivity index (χ4v) is 7.27. The van der Waals surface area contributed by atoms with E-state index in [9.17, 15) is 9.90 Å². The molecule has 0 saturated heterocycles. The molecule has 4 heteroatoms. The molecule has 29 heavy (non-hydrogen) atoms. The number of ketones is 1. The molecule has 1 N–H and O–H groups in total. The number of aliphatic hydroxyl groups excluding tert-OH is 1. The molecule has 0 aliphatic heterocycles. The van der Waals surface area contributed by atoms with Crippen molar-refractivity contribution in [1.82, 2.24) is 9.78 Å². The fourth-order valence-electron chi connectivity index (χ4n) is 7.27. The lowest BCUT2D eigenvalue weighted by Crippen LogP contribution is -2.50. The SMILES string of the molecule is CCn1cc(/C=C2/C[C@H]3[C@@H]4CC=C5C[C@@H](O)CC[C@]5(C)[C@H]4CC[C@]3(C)C2=O)cn1. The van der Waals surface area contributed by atoms with E-state index in [0.717, 1.165) is 62.6 Å². The van der Waals surface area contributed by atoms with Crippen LogP contribution in [0.5, 0.6) is 0 Å². The summed E-state index contributed by atoms with van der Waals surface area (Å²) in [6.07, 6.45) is 15.3. The van der Waals surface area contributed by atoms with Crippen molar-refractivity contribution in [1.29, 1.82) is 0 Å². The molecule has 156 valence electrons. The van der Waals surface area contributed by atoms with E-state index in [1.807, 2.05) is 17.1 Å². The van der Waals surface area contributed by atoms with Gasteiger partial charge >= 0.3 is 0 Å². The number of fused-ring (bicyclic) bond motifs is 5. The zero-order valence-corrected chi connectivity index (χ0v) is 18.0. The molecule has 5 rings (SSSR count). The number of hydrogen-bond donors (Lipinski definition) is 1. The quantitative estimate of drug-likeness (QED) is 0.580. The average Bonchev–Trinajstić information content (AvgIpc) is 3.26. The maximum atomic E-state index is 13.5. The Balaban J connectivity index is 1.46. The number of carbonyl (C=O) groups is 1. The molecule has 1 heterocycles. The highest BCUT2D eigenvalue weighted by Gasteiger charge is 2.59. The first-order valence-electron chi connectivity index (χ1n) is 11.5. The third-order valence-corrected chi connectivity index (χ3v) is 9.04. The van der Waals surface area contributed by atoms with E-state index >= 15 is 0 Å². The van der Waals surface area contributed by atoms with Gasteiger partial charge in [-0.15, -0.1) is 0 Å². The summed E-state index contributed by atoms with van der Waals surface area (Å²) >= 11 is 0. The number of nitrogens with zero attached hydrogens (tertiary/aromatic N) is 2. The van der Waals surface area contributed by atoms with E-state index in [2.05, 4.69) is 38.0 Å². The molecule has 6 atom stereocenters. The molecule has 3 saturated carbocycles. The van der Waals surface area contributed by atoms with Crippen LogP contribution in [0, 0.1) is 28.6 Å². The second-order valence-electron chi connectivity index (χ2n) is 10.4. The van der Waals surface area contributed by atoms with Crippen molar-refractivity contribution in [3.05, 3.63) is 35.2 Å². The summed E-state index contributed by atoms with van der Waals surface area (Å²) in [7, 11) is 0. The van der Waals surface area contributed by atoms with Gasteiger partial charge in [0.1, 0.15) is 0 Å². The van der Waals surface area contributed by atoms with Crippen LogP contribution in [0.25, 0.3) is 6.08 Å². The number of rotatable bonds is 2. The Hall–Kier alpha value is -1.68. The van der Waals surface area contributed by atoms with Gasteiger partial charge in [-0.3, -0.25) is 9.48 Å². The molecule has 1 aromatic rings. The Bertz CT molecular complexity index is 896. The number of aryl methyl sites for hydroxylation is 1. The van der Waals surface area contributed by atoms with Crippen LogP contribution in [0.3, 0.4) is 0 Å². The molecule has 4 nitrogen and oxygen atoms in total. The van der Waals surface area contributed by atoms with Crippen LogP contribution in [0.15, 0.2) is 29.6 Å². The Kier molecular flexibility index (Phi) is 4.43. The summed E-state index contributed by atoms with van der Waals surface area (Å²) in [4.78, 5) is 13.5. The predicted molar refractivity (Wildman–Crippen MR) is 114 cm³/mol. The van der Waals surface area contributed by atoms with Gasteiger partial charge in [-0.1, -0.05) is 25.5 Å². The topological polar surface area (TPSA) is 55.1 Å². The van der Waals surface area contributed by atoms with Gasteiger partial charge < -0.3 is 5.11 Å². The lowest BCUT2D eigenvalue weighted by Gasteiger charge is -2.56. The van der Waals surface area contributed by atoms with Crippen LogP contribution in [0.4, 0.5) is 0 Å². The number of Topliss-reactive ketones (excluding diaryl/α,β-unsaturated/α-hetero) is 1. The lowest BCUT2D eigenvalue weighted by atomic mass is 9.48. The zero-order chi connectivity index (χ0) is 20.4. The van der Waals surface area contributed by atoms with Crippen molar-refractivity contribution in [2.75, 3.05) is 0 Å². The third-order valence-electron chi connectivity index (χ3n) is 9.04. The largest absolute Gasteiger partial charge is 0.393 e. The Morgan fingerprint density at radius 3 is 2.76 bits per heavy atom. The van der Waals surface area contributed by atoms with Gasteiger partial charge in [-0.05, 0) is 86.7 Å². The Morgan fingerprint density at radius 1 is 1.21 bits per heavy atom. The average molecular weight is 395 g/mol. The monoisotopic (exact) mass is 394 g/mol. The number of allylic oxidation sites excluding steroid dienone is 2. The molecular formula is C25H34N2O2. The van der Waals surface area contributed by atoms with E-state index in [0.29, 0.717) is 23.5 Å². The highest BCUT2D eigenvalue weighted by atomic mass is 16.3. The van der Waals surface area contributed by atoms with Crippen LogP contribution >= 0.6 is 0 Å². The highest BCUT2D eigenvalue weighted by Crippen LogP contribution is 2.64.